The highest BCUT2D eigenvalue weighted by molar-refractivity contribution is 5.79. The molecule has 4 nitrogen and oxygen atoms in total. The summed E-state index contributed by atoms with van der Waals surface area (Å²) >= 11 is 0. The topological polar surface area (TPSA) is 58.6 Å². The number of carboxylic acids is 1. The van der Waals surface area contributed by atoms with Crippen LogP contribution in [0.25, 0.3) is 0 Å². The molecule has 1 aliphatic rings. The molecule has 0 aromatic carbocycles. The van der Waals surface area contributed by atoms with Gasteiger partial charge < -0.3 is 15.2 Å². The van der Waals surface area contributed by atoms with Crippen LogP contribution in [0.5, 0.6) is 0 Å². The van der Waals surface area contributed by atoms with E-state index in [-0.39, 0.29) is 0 Å². The second-order valence-electron chi connectivity index (χ2n) is 4.29. The van der Waals surface area contributed by atoms with Crippen LogP contribution in [0.2, 0.25) is 0 Å². The number of hydrogen-bond acceptors (Lipinski definition) is 3. The maximum absolute atomic E-state index is 10.2. The predicted octanol–water partition coefficient (Wildman–Crippen LogP) is 1.03. The van der Waals surface area contributed by atoms with Gasteiger partial charge >= 0.3 is 5.97 Å². The normalized spacial score (nSPS) is 20.6. The molecule has 0 aliphatic carbocycles. The Labute approximate surface area is 90.3 Å². The van der Waals surface area contributed by atoms with Crippen molar-refractivity contribution < 1.29 is 14.6 Å². The Morgan fingerprint density at radius 2 is 2.20 bits per heavy atom. The highest BCUT2D eigenvalue weighted by Gasteiger charge is 2.26. The molecule has 1 heterocycles. The first-order valence-corrected chi connectivity index (χ1v) is 5.30. The van der Waals surface area contributed by atoms with Gasteiger partial charge in [-0.1, -0.05) is 13.0 Å². The summed E-state index contributed by atoms with van der Waals surface area (Å²) in [5, 5.41) is 11.6. The molecule has 0 spiro atoms. The summed E-state index contributed by atoms with van der Waals surface area (Å²) in [6.07, 6.45) is 4.94. The summed E-state index contributed by atoms with van der Waals surface area (Å²) < 4.78 is 5.30. The Hall–Kier alpha value is -0.870. The molecular weight excluding hydrogens is 194 g/mol. The van der Waals surface area contributed by atoms with Crippen LogP contribution in [0.3, 0.4) is 0 Å². The lowest BCUT2D eigenvalue weighted by Crippen LogP contribution is -2.36. The van der Waals surface area contributed by atoms with Crippen LogP contribution in [-0.2, 0) is 9.53 Å². The molecule has 1 fully saturated rings. The van der Waals surface area contributed by atoms with E-state index < -0.39 is 5.97 Å². The summed E-state index contributed by atoms with van der Waals surface area (Å²) in [5.41, 5.74) is 0.301. The van der Waals surface area contributed by atoms with Crippen molar-refractivity contribution in [2.45, 2.75) is 19.8 Å². The number of ether oxygens (including phenoxy) is 1. The standard InChI is InChI=1S/C11H19NO3/c1-11(4-7-15-8-5-11)9-12-6-2-3-10(13)14/h2-3,12H,4-9H2,1H3,(H,13,14)/b3-2+. The highest BCUT2D eigenvalue weighted by Crippen LogP contribution is 2.28. The monoisotopic (exact) mass is 213 g/mol. The average Bonchev–Trinajstić information content (AvgIpc) is 2.17. The third-order valence-electron chi connectivity index (χ3n) is 2.77. The van der Waals surface area contributed by atoms with Crippen LogP contribution in [0.15, 0.2) is 12.2 Å². The largest absolute Gasteiger partial charge is 0.478 e. The molecule has 4 heteroatoms. The Kier molecular flexibility index (Phi) is 4.78. The van der Waals surface area contributed by atoms with Crippen molar-refractivity contribution in [1.29, 1.82) is 0 Å². The number of rotatable bonds is 5. The molecule has 0 radical (unpaired) electrons. The lowest BCUT2D eigenvalue weighted by atomic mass is 9.82. The Morgan fingerprint density at radius 3 is 2.80 bits per heavy atom. The van der Waals surface area contributed by atoms with Crippen molar-refractivity contribution in [3.8, 4) is 0 Å². The summed E-state index contributed by atoms with van der Waals surface area (Å²) in [4.78, 5) is 10.2. The fourth-order valence-electron chi connectivity index (χ4n) is 1.66. The second kappa shape index (κ2) is 5.88. The molecule has 86 valence electrons. The van der Waals surface area contributed by atoms with Gasteiger partial charge in [0.15, 0.2) is 0 Å². The zero-order valence-electron chi connectivity index (χ0n) is 9.16. The number of carboxylic acid groups (broad SMARTS) is 1. The van der Waals surface area contributed by atoms with Gasteiger partial charge in [-0.2, -0.15) is 0 Å². The summed E-state index contributed by atoms with van der Waals surface area (Å²) in [6, 6.07) is 0. The van der Waals surface area contributed by atoms with Crippen molar-refractivity contribution in [2.75, 3.05) is 26.3 Å². The van der Waals surface area contributed by atoms with Gasteiger partial charge in [-0.05, 0) is 18.3 Å². The molecule has 1 rings (SSSR count). The molecule has 2 N–H and O–H groups in total. The van der Waals surface area contributed by atoms with Gasteiger partial charge in [-0.15, -0.1) is 0 Å². The number of carbonyl (C=O) groups is 1. The van der Waals surface area contributed by atoms with E-state index in [1.807, 2.05) is 0 Å². The van der Waals surface area contributed by atoms with Gasteiger partial charge in [0, 0.05) is 32.4 Å². The van der Waals surface area contributed by atoms with Gasteiger partial charge in [-0.25, -0.2) is 4.79 Å². The van der Waals surface area contributed by atoms with E-state index in [2.05, 4.69) is 12.2 Å². The number of nitrogens with one attached hydrogen (secondary N) is 1. The zero-order valence-corrected chi connectivity index (χ0v) is 9.16. The van der Waals surface area contributed by atoms with Crippen molar-refractivity contribution in [2.24, 2.45) is 5.41 Å². The van der Waals surface area contributed by atoms with Crippen LogP contribution in [-0.4, -0.2) is 37.4 Å². The SMILES string of the molecule is CC1(CNC/C=C/C(=O)O)CCOCC1. The quantitative estimate of drug-likeness (QED) is 0.529. The third-order valence-corrected chi connectivity index (χ3v) is 2.77. The highest BCUT2D eigenvalue weighted by atomic mass is 16.5. The van der Waals surface area contributed by atoms with Gasteiger partial charge in [0.05, 0.1) is 0 Å². The molecule has 0 unspecified atom stereocenters. The Morgan fingerprint density at radius 1 is 1.53 bits per heavy atom. The van der Waals surface area contributed by atoms with E-state index >= 15 is 0 Å². The van der Waals surface area contributed by atoms with E-state index in [1.54, 1.807) is 6.08 Å². The van der Waals surface area contributed by atoms with E-state index in [9.17, 15) is 4.79 Å². The van der Waals surface area contributed by atoms with E-state index in [0.29, 0.717) is 12.0 Å². The maximum atomic E-state index is 10.2. The minimum absolute atomic E-state index is 0.301. The minimum Gasteiger partial charge on any atom is -0.478 e. The molecule has 0 saturated carbocycles. The summed E-state index contributed by atoms with van der Waals surface area (Å²) in [6.45, 7) is 5.44. The smallest absolute Gasteiger partial charge is 0.328 e. The van der Waals surface area contributed by atoms with E-state index in [4.69, 9.17) is 9.84 Å². The van der Waals surface area contributed by atoms with Crippen LogP contribution < -0.4 is 5.32 Å². The van der Waals surface area contributed by atoms with E-state index in [1.165, 1.54) is 6.08 Å². The molecule has 0 aromatic rings. The average molecular weight is 213 g/mol. The second-order valence-corrected chi connectivity index (χ2v) is 4.29. The van der Waals surface area contributed by atoms with Gasteiger partial charge in [-0.3, -0.25) is 0 Å². The van der Waals surface area contributed by atoms with Crippen molar-refractivity contribution in [3.05, 3.63) is 12.2 Å². The Balaban J connectivity index is 2.15. The predicted molar refractivity (Wildman–Crippen MR) is 57.8 cm³/mol. The first-order valence-electron chi connectivity index (χ1n) is 5.30. The number of aliphatic carboxylic acids is 1. The van der Waals surface area contributed by atoms with Crippen molar-refractivity contribution >= 4 is 5.97 Å². The van der Waals surface area contributed by atoms with Crippen LogP contribution in [0.4, 0.5) is 0 Å². The molecule has 0 atom stereocenters. The van der Waals surface area contributed by atoms with Crippen LogP contribution in [0, 0.1) is 5.41 Å². The molecule has 15 heavy (non-hydrogen) atoms. The fraction of sp³-hybridized carbons (Fsp3) is 0.727. The van der Waals surface area contributed by atoms with E-state index in [0.717, 1.165) is 32.6 Å². The molecule has 0 amide bonds. The molecule has 1 saturated heterocycles. The van der Waals surface area contributed by atoms with Crippen LogP contribution >= 0.6 is 0 Å². The fourth-order valence-corrected chi connectivity index (χ4v) is 1.66. The lowest BCUT2D eigenvalue weighted by Gasteiger charge is -2.33. The molecule has 0 bridgehead atoms. The van der Waals surface area contributed by atoms with Crippen LogP contribution in [0.1, 0.15) is 19.8 Å². The third kappa shape index (κ3) is 4.95. The zero-order chi connectivity index (χ0) is 11.1. The van der Waals surface area contributed by atoms with Crippen molar-refractivity contribution in [1.82, 2.24) is 5.32 Å². The number of hydrogen-bond donors (Lipinski definition) is 2. The summed E-state index contributed by atoms with van der Waals surface area (Å²) in [7, 11) is 0. The first-order chi connectivity index (χ1) is 7.12. The molecular formula is C11H19NO3. The Bertz CT molecular complexity index is 232. The minimum atomic E-state index is -0.894. The van der Waals surface area contributed by atoms with Crippen molar-refractivity contribution in [3.63, 3.8) is 0 Å². The molecule has 1 aliphatic heterocycles. The lowest BCUT2D eigenvalue weighted by molar-refractivity contribution is -0.131. The first kappa shape index (κ1) is 12.2. The molecule has 0 aromatic heterocycles. The summed E-state index contributed by atoms with van der Waals surface area (Å²) in [5.74, 6) is -0.894. The van der Waals surface area contributed by atoms with Gasteiger partial charge in [0.2, 0.25) is 0 Å². The maximum Gasteiger partial charge on any atom is 0.328 e. The van der Waals surface area contributed by atoms with Gasteiger partial charge in [0.25, 0.3) is 0 Å². The van der Waals surface area contributed by atoms with Gasteiger partial charge in [0.1, 0.15) is 0 Å².